The molecule has 0 aromatic carbocycles. The molecule has 1 N–H and O–H groups in total. The van der Waals surface area contributed by atoms with Crippen LogP contribution in [0.3, 0.4) is 0 Å². The molecule has 0 amide bonds. The van der Waals surface area contributed by atoms with Gasteiger partial charge in [0.25, 0.3) is 0 Å². The van der Waals surface area contributed by atoms with Gasteiger partial charge in [-0.1, -0.05) is 52.9 Å². The van der Waals surface area contributed by atoms with Crippen LogP contribution in [0.4, 0.5) is 0 Å². The van der Waals surface area contributed by atoms with Crippen LogP contribution < -0.4 is 5.32 Å². The monoisotopic (exact) mass is 211 g/mol. The topological polar surface area (TPSA) is 12.0 Å². The Morgan fingerprint density at radius 1 is 1.20 bits per heavy atom. The van der Waals surface area contributed by atoms with Crippen molar-refractivity contribution in [3.05, 3.63) is 0 Å². The predicted octanol–water partition coefficient (Wildman–Crippen LogP) is 3.98. The third kappa shape index (κ3) is 5.01. The van der Waals surface area contributed by atoms with Gasteiger partial charge in [-0.05, 0) is 31.2 Å². The van der Waals surface area contributed by atoms with Gasteiger partial charge in [-0.15, -0.1) is 0 Å². The molecule has 2 atom stereocenters. The maximum absolute atomic E-state index is 3.71. The van der Waals surface area contributed by atoms with E-state index in [2.05, 4.69) is 26.1 Å². The molecule has 1 aliphatic rings. The van der Waals surface area contributed by atoms with Crippen molar-refractivity contribution >= 4 is 0 Å². The Morgan fingerprint density at radius 3 is 2.40 bits per heavy atom. The molecule has 1 heteroatoms. The Hall–Kier alpha value is -0.0400. The molecule has 0 heterocycles. The highest BCUT2D eigenvalue weighted by molar-refractivity contribution is 4.83. The first-order chi connectivity index (χ1) is 7.31. The van der Waals surface area contributed by atoms with E-state index in [0.29, 0.717) is 0 Å². The summed E-state index contributed by atoms with van der Waals surface area (Å²) in [5.41, 5.74) is 0. The quantitative estimate of drug-likeness (QED) is 0.608. The van der Waals surface area contributed by atoms with E-state index < -0.39 is 0 Å². The first kappa shape index (κ1) is 13.0. The second kappa shape index (κ2) is 7.27. The van der Waals surface area contributed by atoms with Crippen molar-refractivity contribution in [2.24, 2.45) is 11.8 Å². The SMILES string of the molecule is CCCCC(CC)C(CC1CC1)NCC. The number of nitrogens with one attached hydrogen (secondary N) is 1. The average Bonchev–Trinajstić information content (AvgIpc) is 3.03. The van der Waals surface area contributed by atoms with Gasteiger partial charge in [0.2, 0.25) is 0 Å². The third-order valence-corrected chi connectivity index (χ3v) is 3.77. The van der Waals surface area contributed by atoms with E-state index in [1.807, 2.05) is 0 Å². The first-order valence-corrected chi connectivity index (χ1v) is 7.05. The molecule has 0 spiro atoms. The lowest BCUT2D eigenvalue weighted by molar-refractivity contribution is 0.297. The van der Waals surface area contributed by atoms with Crippen LogP contribution in [0.2, 0.25) is 0 Å². The van der Waals surface area contributed by atoms with Crippen LogP contribution in [0, 0.1) is 11.8 Å². The lowest BCUT2D eigenvalue weighted by atomic mass is 9.88. The fourth-order valence-corrected chi connectivity index (χ4v) is 2.57. The first-order valence-electron chi connectivity index (χ1n) is 7.05. The van der Waals surface area contributed by atoms with Crippen molar-refractivity contribution in [3.8, 4) is 0 Å². The Kier molecular flexibility index (Phi) is 6.31. The van der Waals surface area contributed by atoms with E-state index in [1.54, 1.807) is 0 Å². The van der Waals surface area contributed by atoms with Crippen LogP contribution in [-0.4, -0.2) is 12.6 Å². The Morgan fingerprint density at radius 2 is 1.93 bits per heavy atom. The standard InChI is InChI=1S/C14H29N/c1-4-7-8-13(5-2)14(15-6-3)11-12-9-10-12/h12-15H,4-11H2,1-3H3. The molecule has 1 saturated carbocycles. The Bertz CT molecular complexity index is 151. The third-order valence-electron chi connectivity index (χ3n) is 3.77. The van der Waals surface area contributed by atoms with Crippen LogP contribution in [0.25, 0.3) is 0 Å². The maximum Gasteiger partial charge on any atom is 0.00977 e. The highest BCUT2D eigenvalue weighted by atomic mass is 14.9. The van der Waals surface area contributed by atoms with Gasteiger partial charge in [-0.25, -0.2) is 0 Å². The lowest BCUT2D eigenvalue weighted by Gasteiger charge is -2.27. The van der Waals surface area contributed by atoms with Crippen LogP contribution in [-0.2, 0) is 0 Å². The van der Waals surface area contributed by atoms with Crippen LogP contribution in [0.15, 0.2) is 0 Å². The van der Waals surface area contributed by atoms with Crippen LogP contribution in [0.1, 0.15) is 65.7 Å². The van der Waals surface area contributed by atoms with E-state index in [0.717, 1.165) is 24.4 Å². The van der Waals surface area contributed by atoms with Gasteiger partial charge in [0.05, 0.1) is 0 Å². The summed E-state index contributed by atoms with van der Waals surface area (Å²) in [6.07, 6.45) is 9.96. The number of rotatable bonds is 9. The second-order valence-corrected chi connectivity index (χ2v) is 5.15. The molecule has 1 aliphatic carbocycles. The minimum absolute atomic E-state index is 0.805. The van der Waals surface area contributed by atoms with E-state index in [9.17, 15) is 0 Å². The van der Waals surface area contributed by atoms with Crippen LogP contribution >= 0.6 is 0 Å². The zero-order chi connectivity index (χ0) is 11.1. The molecule has 15 heavy (non-hydrogen) atoms. The fourth-order valence-electron chi connectivity index (χ4n) is 2.57. The molecule has 0 radical (unpaired) electrons. The van der Waals surface area contributed by atoms with E-state index in [1.165, 1.54) is 44.9 Å². The van der Waals surface area contributed by atoms with Gasteiger partial charge in [-0.3, -0.25) is 0 Å². The molecule has 1 fully saturated rings. The second-order valence-electron chi connectivity index (χ2n) is 5.15. The molecule has 0 saturated heterocycles. The molecule has 0 aromatic rings. The average molecular weight is 211 g/mol. The Balaban J connectivity index is 2.33. The molecule has 2 unspecified atom stereocenters. The summed E-state index contributed by atoms with van der Waals surface area (Å²) < 4.78 is 0. The van der Waals surface area contributed by atoms with Crippen molar-refractivity contribution in [3.63, 3.8) is 0 Å². The molecular weight excluding hydrogens is 182 g/mol. The van der Waals surface area contributed by atoms with Crippen LogP contribution in [0.5, 0.6) is 0 Å². The summed E-state index contributed by atoms with van der Waals surface area (Å²) in [5, 5.41) is 3.71. The minimum Gasteiger partial charge on any atom is -0.314 e. The molecule has 0 aliphatic heterocycles. The molecule has 90 valence electrons. The van der Waals surface area contributed by atoms with Gasteiger partial charge in [0.15, 0.2) is 0 Å². The number of hydrogen-bond donors (Lipinski definition) is 1. The molecule has 0 bridgehead atoms. The molecule has 1 rings (SSSR count). The van der Waals surface area contributed by atoms with E-state index >= 15 is 0 Å². The lowest BCUT2D eigenvalue weighted by Crippen LogP contribution is -2.36. The summed E-state index contributed by atoms with van der Waals surface area (Å²) >= 11 is 0. The summed E-state index contributed by atoms with van der Waals surface area (Å²) in [7, 11) is 0. The number of hydrogen-bond acceptors (Lipinski definition) is 1. The van der Waals surface area contributed by atoms with Crippen molar-refractivity contribution < 1.29 is 0 Å². The van der Waals surface area contributed by atoms with Gasteiger partial charge in [-0.2, -0.15) is 0 Å². The molecular formula is C14H29N. The fraction of sp³-hybridized carbons (Fsp3) is 1.00. The highest BCUT2D eigenvalue weighted by Gasteiger charge is 2.28. The van der Waals surface area contributed by atoms with E-state index in [-0.39, 0.29) is 0 Å². The summed E-state index contributed by atoms with van der Waals surface area (Å²) in [4.78, 5) is 0. The van der Waals surface area contributed by atoms with Gasteiger partial charge < -0.3 is 5.32 Å². The van der Waals surface area contributed by atoms with Crippen molar-refractivity contribution in [2.75, 3.05) is 6.54 Å². The smallest absolute Gasteiger partial charge is 0.00977 e. The summed E-state index contributed by atoms with van der Waals surface area (Å²) in [6.45, 7) is 8.04. The zero-order valence-electron chi connectivity index (χ0n) is 10.9. The summed E-state index contributed by atoms with van der Waals surface area (Å²) in [6, 6.07) is 0.805. The van der Waals surface area contributed by atoms with Crippen molar-refractivity contribution in [2.45, 2.75) is 71.8 Å². The van der Waals surface area contributed by atoms with E-state index in [4.69, 9.17) is 0 Å². The van der Waals surface area contributed by atoms with Crippen molar-refractivity contribution in [1.82, 2.24) is 5.32 Å². The molecule has 0 aromatic heterocycles. The van der Waals surface area contributed by atoms with Crippen molar-refractivity contribution in [1.29, 1.82) is 0 Å². The van der Waals surface area contributed by atoms with Gasteiger partial charge >= 0.3 is 0 Å². The highest BCUT2D eigenvalue weighted by Crippen LogP contribution is 2.36. The Labute approximate surface area is 96.0 Å². The predicted molar refractivity (Wildman–Crippen MR) is 68.1 cm³/mol. The number of unbranched alkanes of at least 4 members (excludes halogenated alkanes) is 1. The minimum atomic E-state index is 0.805. The van der Waals surface area contributed by atoms with Gasteiger partial charge in [0, 0.05) is 6.04 Å². The zero-order valence-corrected chi connectivity index (χ0v) is 10.9. The molecule has 1 nitrogen and oxygen atoms in total. The van der Waals surface area contributed by atoms with Gasteiger partial charge in [0.1, 0.15) is 0 Å². The normalized spacial score (nSPS) is 20.2. The summed E-state index contributed by atoms with van der Waals surface area (Å²) in [5.74, 6) is 1.98. The largest absolute Gasteiger partial charge is 0.314 e. The maximum atomic E-state index is 3.71.